The van der Waals surface area contributed by atoms with Gasteiger partial charge in [-0.3, -0.25) is 4.68 Å². The smallest absolute Gasteiger partial charge is 0.356 e. The number of aromatic nitrogens is 4. The second-order valence-electron chi connectivity index (χ2n) is 5.32. The number of imidazole rings is 1. The largest absolute Gasteiger partial charge is 0.476 e. The van der Waals surface area contributed by atoms with Crippen molar-refractivity contribution in [1.29, 1.82) is 0 Å². The fourth-order valence-electron chi connectivity index (χ4n) is 2.75. The molecular formula is C14H18N4O2. The second-order valence-corrected chi connectivity index (χ2v) is 5.32. The van der Waals surface area contributed by atoms with Gasteiger partial charge >= 0.3 is 5.97 Å². The average molecular weight is 274 g/mol. The van der Waals surface area contributed by atoms with Gasteiger partial charge in [-0.25, -0.2) is 9.78 Å². The van der Waals surface area contributed by atoms with Gasteiger partial charge in [0.1, 0.15) is 0 Å². The van der Waals surface area contributed by atoms with Crippen molar-refractivity contribution >= 4 is 5.97 Å². The van der Waals surface area contributed by atoms with Crippen molar-refractivity contribution in [2.75, 3.05) is 0 Å². The van der Waals surface area contributed by atoms with Crippen LogP contribution in [0.5, 0.6) is 0 Å². The van der Waals surface area contributed by atoms with Crippen LogP contribution in [0.3, 0.4) is 0 Å². The summed E-state index contributed by atoms with van der Waals surface area (Å²) < 4.78 is 3.81. The Balaban J connectivity index is 1.68. The van der Waals surface area contributed by atoms with Gasteiger partial charge in [-0.1, -0.05) is 19.3 Å². The summed E-state index contributed by atoms with van der Waals surface area (Å²) in [6, 6.07) is 2.52. The first-order valence-electron chi connectivity index (χ1n) is 7.01. The van der Waals surface area contributed by atoms with E-state index in [4.69, 9.17) is 5.11 Å². The first kappa shape index (κ1) is 12.9. The molecule has 0 aliphatic heterocycles. The molecule has 3 rings (SSSR count). The fraction of sp³-hybridized carbons (Fsp3) is 0.500. The van der Waals surface area contributed by atoms with Crippen LogP contribution in [0.15, 0.2) is 24.8 Å². The van der Waals surface area contributed by atoms with Crippen molar-refractivity contribution in [1.82, 2.24) is 19.3 Å². The average Bonchev–Trinajstić information content (AvgIpc) is 3.10. The van der Waals surface area contributed by atoms with E-state index in [2.05, 4.69) is 14.8 Å². The molecule has 0 amide bonds. The Hall–Kier alpha value is -2.11. The number of carbonyl (C=O) groups is 1. The topological polar surface area (TPSA) is 72.9 Å². The zero-order chi connectivity index (χ0) is 13.9. The monoisotopic (exact) mass is 274 g/mol. The van der Waals surface area contributed by atoms with Crippen LogP contribution in [0.4, 0.5) is 0 Å². The van der Waals surface area contributed by atoms with Gasteiger partial charge in [0.15, 0.2) is 5.69 Å². The van der Waals surface area contributed by atoms with E-state index in [0.29, 0.717) is 12.6 Å². The standard InChI is InChI=1S/C14H18N4O2/c19-14(20)13-9-17(10-15-13)8-11-6-7-18(16-11)12-4-2-1-3-5-12/h6-7,9-10,12H,1-5,8H2,(H,19,20). The van der Waals surface area contributed by atoms with Crippen molar-refractivity contribution in [3.05, 3.63) is 36.2 Å². The molecule has 20 heavy (non-hydrogen) atoms. The molecule has 1 aliphatic rings. The highest BCUT2D eigenvalue weighted by molar-refractivity contribution is 5.84. The predicted octanol–water partition coefficient (Wildman–Crippen LogP) is 2.33. The molecule has 106 valence electrons. The van der Waals surface area contributed by atoms with Gasteiger partial charge in [-0.2, -0.15) is 5.10 Å². The minimum Gasteiger partial charge on any atom is -0.476 e. The Bertz CT molecular complexity index is 596. The van der Waals surface area contributed by atoms with Crippen molar-refractivity contribution < 1.29 is 9.90 Å². The quantitative estimate of drug-likeness (QED) is 0.928. The summed E-state index contributed by atoms with van der Waals surface area (Å²) in [4.78, 5) is 14.6. The first-order chi connectivity index (χ1) is 9.72. The van der Waals surface area contributed by atoms with Crippen LogP contribution in [0.1, 0.15) is 54.3 Å². The normalized spacial score (nSPS) is 16.4. The first-order valence-corrected chi connectivity index (χ1v) is 7.01. The molecule has 6 nitrogen and oxygen atoms in total. The van der Waals surface area contributed by atoms with Gasteiger partial charge in [0.25, 0.3) is 0 Å². The maximum absolute atomic E-state index is 10.8. The molecule has 2 aromatic rings. The highest BCUT2D eigenvalue weighted by Crippen LogP contribution is 2.27. The van der Waals surface area contributed by atoms with Crippen molar-refractivity contribution in [2.45, 2.75) is 44.7 Å². The SMILES string of the molecule is O=C(O)c1cn(Cc2ccn(C3CCCCC3)n2)cn1. The van der Waals surface area contributed by atoms with Crippen molar-refractivity contribution in [2.24, 2.45) is 0 Å². The molecule has 2 aromatic heterocycles. The van der Waals surface area contributed by atoms with Crippen LogP contribution in [0, 0.1) is 0 Å². The molecule has 6 heteroatoms. The zero-order valence-corrected chi connectivity index (χ0v) is 11.3. The third-order valence-corrected chi connectivity index (χ3v) is 3.81. The summed E-state index contributed by atoms with van der Waals surface area (Å²) in [5, 5.41) is 13.4. The summed E-state index contributed by atoms with van der Waals surface area (Å²) in [5.74, 6) is -1.00. The molecule has 1 aliphatic carbocycles. The molecule has 0 spiro atoms. The molecule has 0 radical (unpaired) electrons. The zero-order valence-electron chi connectivity index (χ0n) is 11.3. The van der Waals surface area contributed by atoms with Gasteiger partial charge in [-0.15, -0.1) is 0 Å². The minimum atomic E-state index is -1.00. The van der Waals surface area contributed by atoms with E-state index < -0.39 is 5.97 Å². The Morgan fingerprint density at radius 1 is 1.35 bits per heavy atom. The van der Waals surface area contributed by atoms with Crippen LogP contribution in [0.25, 0.3) is 0 Å². The lowest BCUT2D eigenvalue weighted by Gasteiger charge is -2.21. The molecule has 0 aromatic carbocycles. The van der Waals surface area contributed by atoms with E-state index in [-0.39, 0.29) is 5.69 Å². The minimum absolute atomic E-state index is 0.0664. The second kappa shape index (κ2) is 5.48. The lowest BCUT2D eigenvalue weighted by atomic mass is 9.96. The Labute approximate surface area is 117 Å². The van der Waals surface area contributed by atoms with Gasteiger partial charge in [0.2, 0.25) is 0 Å². The molecule has 0 unspecified atom stereocenters. The lowest BCUT2D eigenvalue weighted by Crippen LogP contribution is -2.13. The lowest BCUT2D eigenvalue weighted by molar-refractivity contribution is 0.0691. The van der Waals surface area contributed by atoms with E-state index in [9.17, 15) is 4.79 Å². The summed E-state index contributed by atoms with van der Waals surface area (Å²) in [5.41, 5.74) is 1.00. The number of carboxylic acid groups (broad SMARTS) is 1. The summed E-state index contributed by atoms with van der Waals surface area (Å²) in [7, 11) is 0. The molecule has 0 saturated heterocycles. The van der Waals surface area contributed by atoms with Gasteiger partial charge in [0.05, 0.1) is 24.6 Å². The van der Waals surface area contributed by atoms with Crippen LogP contribution in [-0.2, 0) is 6.54 Å². The van der Waals surface area contributed by atoms with Gasteiger partial charge in [-0.05, 0) is 18.9 Å². The van der Waals surface area contributed by atoms with E-state index in [1.54, 1.807) is 4.57 Å². The van der Waals surface area contributed by atoms with Gasteiger partial charge in [0, 0.05) is 12.4 Å². The van der Waals surface area contributed by atoms with Crippen LogP contribution < -0.4 is 0 Å². The van der Waals surface area contributed by atoms with E-state index in [1.807, 2.05) is 12.3 Å². The van der Waals surface area contributed by atoms with Crippen molar-refractivity contribution in [3.63, 3.8) is 0 Å². The molecule has 2 heterocycles. The summed E-state index contributed by atoms with van der Waals surface area (Å²) >= 11 is 0. The number of carboxylic acids is 1. The maximum Gasteiger partial charge on any atom is 0.356 e. The highest BCUT2D eigenvalue weighted by Gasteiger charge is 2.16. The number of hydrogen-bond acceptors (Lipinski definition) is 3. The number of rotatable bonds is 4. The van der Waals surface area contributed by atoms with Crippen LogP contribution in [-0.4, -0.2) is 30.4 Å². The third-order valence-electron chi connectivity index (χ3n) is 3.81. The molecular weight excluding hydrogens is 256 g/mol. The third kappa shape index (κ3) is 2.74. The Morgan fingerprint density at radius 2 is 2.15 bits per heavy atom. The number of nitrogens with zero attached hydrogens (tertiary/aromatic N) is 4. The predicted molar refractivity (Wildman–Crippen MR) is 72.6 cm³/mol. The summed E-state index contributed by atoms with van der Waals surface area (Å²) in [6.07, 6.45) is 11.4. The molecule has 0 atom stereocenters. The molecule has 0 bridgehead atoms. The Morgan fingerprint density at radius 3 is 2.85 bits per heavy atom. The Kier molecular flexibility index (Phi) is 3.54. The van der Waals surface area contributed by atoms with Gasteiger partial charge < -0.3 is 9.67 Å². The van der Waals surface area contributed by atoms with Crippen LogP contribution in [0.2, 0.25) is 0 Å². The van der Waals surface area contributed by atoms with Crippen molar-refractivity contribution in [3.8, 4) is 0 Å². The number of hydrogen-bond donors (Lipinski definition) is 1. The van der Waals surface area contributed by atoms with E-state index in [0.717, 1.165) is 5.69 Å². The maximum atomic E-state index is 10.8. The molecule has 1 saturated carbocycles. The van der Waals surface area contributed by atoms with Crippen LogP contribution >= 0.6 is 0 Å². The van der Waals surface area contributed by atoms with E-state index >= 15 is 0 Å². The molecule has 1 fully saturated rings. The summed E-state index contributed by atoms with van der Waals surface area (Å²) in [6.45, 7) is 0.556. The van der Waals surface area contributed by atoms with E-state index in [1.165, 1.54) is 44.6 Å². The fourth-order valence-corrected chi connectivity index (χ4v) is 2.75. The highest BCUT2D eigenvalue weighted by atomic mass is 16.4. The molecule has 1 N–H and O–H groups in total. The number of aromatic carboxylic acids is 1.